The molecule has 0 amide bonds. The fraction of sp³-hybridized carbons (Fsp3) is 0.769. The fourth-order valence-electron chi connectivity index (χ4n) is 2.40. The summed E-state index contributed by atoms with van der Waals surface area (Å²) in [5.41, 5.74) is 0. The second-order valence-corrected chi connectivity index (χ2v) is 4.78. The van der Waals surface area contributed by atoms with Crippen LogP contribution in [0, 0.1) is 61.8 Å². The van der Waals surface area contributed by atoms with E-state index in [0.29, 0.717) is 12.3 Å². The van der Waals surface area contributed by atoms with Gasteiger partial charge in [-0.05, 0) is 31.6 Å². The van der Waals surface area contributed by atoms with E-state index in [0.717, 1.165) is 12.8 Å². The molecule has 0 bridgehead atoms. The SMILES string of the molecule is C/C=C/C[C@@H](C)[C@@H](O)[C@H]1C(=O)CCC1C.[Ac]. The van der Waals surface area contributed by atoms with Crippen molar-refractivity contribution in [1.82, 2.24) is 0 Å². The zero-order chi connectivity index (χ0) is 11.4. The van der Waals surface area contributed by atoms with Crippen molar-refractivity contribution in [3.05, 3.63) is 12.2 Å². The van der Waals surface area contributed by atoms with E-state index in [1.54, 1.807) is 0 Å². The van der Waals surface area contributed by atoms with Crippen LogP contribution in [0.5, 0.6) is 0 Å². The number of aliphatic hydroxyl groups is 1. The average molecular weight is 437 g/mol. The van der Waals surface area contributed by atoms with Gasteiger partial charge in [-0.2, -0.15) is 0 Å². The van der Waals surface area contributed by atoms with Crippen LogP contribution in [-0.4, -0.2) is 17.0 Å². The number of hydrogen-bond acceptors (Lipinski definition) is 2. The molecule has 0 heterocycles. The van der Waals surface area contributed by atoms with E-state index in [1.807, 2.05) is 19.9 Å². The van der Waals surface area contributed by atoms with E-state index in [9.17, 15) is 9.90 Å². The van der Waals surface area contributed by atoms with Crippen LogP contribution >= 0.6 is 0 Å². The first-order valence-corrected chi connectivity index (χ1v) is 5.89. The molecule has 16 heavy (non-hydrogen) atoms. The van der Waals surface area contributed by atoms with Crippen LogP contribution in [0.15, 0.2) is 12.2 Å². The van der Waals surface area contributed by atoms with Crippen LogP contribution in [0.4, 0.5) is 0 Å². The van der Waals surface area contributed by atoms with Gasteiger partial charge in [-0.1, -0.05) is 26.0 Å². The van der Waals surface area contributed by atoms with Crippen LogP contribution in [0.2, 0.25) is 0 Å². The van der Waals surface area contributed by atoms with Gasteiger partial charge in [-0.25, -0.2) is 0 Å². The van der Waals surface area contributed by atoms with E-state index in [4.69, 9.17) is 0 Å². The minimum Gasteiger partial charge on any atom is -0.392 e. The summed E-state index contributed by atoms with van der Waals surface area (Å²) in [6.45, 7) is 6.06. The molecule has 1 aliphatic carbocycles. The van der Waals surface area contributed by atoms with Gasteiger partial charge in [0.2, 0.25) is 0 Å². The van der Waals surface area contributed by atoms with Gasteiger partial charge in [0.15, 0.2) is 0 Å². The molecule has 0 aromatic rings. The zero-order valence-electron chi connectivity index (χ0n) is 10.5. The van der Waals surface area contributed by atoms with Crippen molar-refractivity contribution in [1.29, 1.82) is 0 Å². The summed E-state index contributed by atoms with van der Waals surface area (Å²) in [5, 5.41) is 10.1. The molecule has 1 rings (SSSR count). The van der Waals surface area contributed by atoms with Gasteiger partial charge in [-0.3, -0.25) is 4.79 Å². The van der Waals surface area contributed by atoms with Gasteiger partial charge in [0.1, 0.15) is 5.78 Å². The normalized spacial score (nSPS) is 29.1. The molecule has 0 spiro atoms. The van der Waals surface area contributed by atoms with E-state index >= 15 is 0 Å². The van der Waals surface area contributed by atoms with Crippen LogP contribution < -0.4 is 0 Å². The van der Waals surface area contributed by atoms with E-state index in [1.165, 1.54) is 0 Å². The predicted octanol–water partition coefficient (Wildman–Crippen LogP) is 2.56. The number of allylic oxidation sites excluding steroid dienone is 2. The monoisotopic (exact) mass is 437 g/mol. The Labute approximate surface area is 134 Å². The molecule has 0 saturated heterocycles. The minimum atomic E-state index is -0.466. The van der Waals surface area contributed by atoms with E-state index < -0.39 is 6.10 Å². The molecule has 1 saturated carbocycles. The summed E-state index contributed by atoms with van der Waals surface area (Å²) in [4.78, 5) is 11.6. The van der Waals surface area contributed by atoms with Gasteiger partial charge >= 0.3 is 0 Å². The molecule has 0 aliphatic heterocycles. The standard InChI is InChI=1S/C13H22O2.Ac/c1-4-5-6-10(3)13(15)12-9(2)7-8-11(12)14;/h4-5,9-10,12-13,15H,6-8H2,1-3H3;/b5-4+;/t9?,10-,12-,13-;/m1./s1. The quantitative estimate of drug-likeness (QED) is 0.687. The first kappa shape index (κ1) is 16.8. The molecule has 1 radical (unpaired) electrons. The third-order valence-corrected chi connectivity index (χ3v) is 3.53. The molecule has 0 aromatic carbocycles. The Morgan fingerprint density at radius 2 is 2.19 bits per heavy atom. The van der Waals surface area contributed by atoms with Crippen LogP contribution in [-0.2, 0) is 4.79 Å². The van der Waals surface area contributed by atoms with Crippen molar-refractivity contribution < 1.29 is 54.0 Å². The van der Waals surface area contributed by atoms with Crippen molar-refractivity contribution in [2.45, 2.75) is 46.1 Å². The summed E-state index contributed by atoms with van der Waals surface area (Å²) < 4.78 is 0. The third-order valence-electron chi connectivity index (χ3n) is 3.53. The van der Waals surface area contributed by atoms with Crippen molar-refractivity contribution in [3.63, 3.8) is 0 Å². The maximum atomic E-state index is 11.6. The smallest absolute Gasteiger partial charge is 0.138 e. The Kier molecular flexibility index (Phi) is 8.42. The first-order chi connectivity index (χ1) is 7.07. The number of carbonyl (C=O) groups excluding carboxylic acids is 1. The molecule has 3 heteroatoms. The number of hydrogen-bond donors (Lipinski definition) is 1. The molecule has 1 fully saturated rings. The molecule has 4 atom stereocenters. The molecule has 2 nitrogen and oxygen atoms in total. The summed E-state index contributed by atoms with van der Waals surface area (Å²) in [5.74, 6) is 0.656. The maximum Gasteiger partial charge on any atom is 0.138 e. The van der Waals surface area contributed by atoms with Crippen molar-refractivity contribution in [2.75, 3.05) is 0 Å². The second kappa shape index (κ2) is 8.01. The van der Waals surface area contributed by atoms with Gasteiger partial charge in [0, 0.05) is 56.4 Å². The second-order valence-electron chi connectivity index (χ2n) is 4.78. The van der Waals surface area contributed by atoms with Gasteiger partial charge < -0.3 is 5.11 Å². The Balaban J connectivity index is 0.00000225. The predicted molar refractivity (Wildman–Crippen MR) is 61.5 cm³/mol. The molecule has 0 aromatic heterocycles. The Bertz CT molecular complexity index is 250. The summed E-state index contributed by atoms with van der Waals surface area (Å²) in [6, 6.07) is 0. The maximum absolute atomic E-state index is 11.6. The van der Waals surface area contributed by atoms with Crippen molar-refractivity contribution in [3.8, 4) is 0 Å². The summed E-state index contributed by atoms with van der Waals surface area (Å²) in [7, 11) is 0. The number of ketones is 1. The van der Waals surface area contributed by atoms with Crippen molar-refractivity contribution >= 4 is 5.78 Å². The summed E-state index contributed by atoms with van der Waals surface area (Å²) in [6.07, 6.45) is 6.02. The molecule has 1 unspecified atom stereocenters. The number of Topliss-reactive ketones (excluding diaryl/α,β-unsaturated/α-hetero) is 1. The number of aliphatic hydroxyl groups excluding tert-OH is 1. The third kappa shape index (κ3) is 4.24. The van der Waals surface area contributed by atoms with Crippen LogP contribution in [0.3, 0.4) is 0 Å². The Morgan fingerprint density at radius 1 is 1.56 bits per heavy atom. The number of rotatable bonds is 4. The summed E-state index contributed by atoms with van der Waals surface area (Å²) >= 11 is 0. The Morgan fingerprint density at radius 3 is 2.62 bits per heavy atom. The van der Waals surface area contributed by atoms with Gasteiger partial charge in [-0.15, -0.1) is 0 Å². The molecule has 89 valence electrons. The van der Waals surface area contributed by atoms with E-state index in [2.05, 4.69) is 13.0 Å². The van der Waals surface area contributed by atoms with E-state index in [-0.39, 0.29) is 61.7 Å². The molecule has 1 N–H and O–H groups in total. The fourth-order valence-corrected chi connectivity index (χ4v) is 2.40. The molecule has 1 aliphatic rings. The van der Waals surface area contributed by atoms with Crippen LogP contribution in [0.1, 0.15) is 40.0 Å². The minimum absolute atomic E-state index is 0. The number of carbonyl (C=O) groups is 1. The molecular weight excluding hydrogens is 415 g/mol. The zero-order valence-corrected chi connectivity index (χ0v) is 15.3. The Hall–Kier alpha value is 0.812. The largest absolute Gasteiger partial charge is 0.392 e. The van der Waals surface area contributed by atoms with Gasteiger partial charge in [0.25, 0.3) is 0 Å². The first-order valence-electron chi connectivity index (χ1n) is 5.89. The average Bonchev–Trinajstić information content (AvgIpc) is 2.54. The molecular formula is C13H22AcO2. The van der Waals surface area contributed by atoms with Gasteiger partial charge in [0.05, 0.1) is 6.10 Å². The van der Waals surface area contributed by atoms with Crippen LogP contribution in [0.25, 0.3) is 0 Å². The van der Waals surface area contributed by atoms with Crippen molar-refractivity contribution in [2.24, 2.45) is 17.8 Å². The topological polar surface area (TPSA) is 37.3 Å².